The van der Waals surface area contributed by atoms with Crippen molar-refractivity contribution < 1.29 is 9.59 Å². The molecule has 1 aromatic heterocycles. The molecule has 2 heterocycles. The van der Waals surface area contributed by atoms with Gasteiger partial charge in [0, 0.05) is 27.4 Å². The van der Waals surface area contributed by atoms with E-state index in [0.29, 0.717) is 27.4 Å². The van der Waals surface area contributed by atoms with E-state index < -0.39 is 5.92 Å². The minimum absolute atomic E-state index is 0.0337. The number of thiophene rings is 1. The van der Waals surface area contributed by atoms with Gasteiger partial charge in [0.05, 0.1) is 28.3 Å². The lowest BCUT2D eigenvalue weighted by Gasteiger charge is -2.29. The third-order valence-electron chi connectivity index (χ3n) is 6.77. The summed E-state index contributed by atoms with van der Waals surface area (Å²) in [5.74, 6) is -0.663. The molecule has 5 nitrogen and oxygen atoms in total. The number of amides is 1. The number of thioether (sulfide) groups is 1. The van der Waals surface area contributed by atoms with Crippen LogP contribution in [0.3, 0.4) is 0 Å². The molecule has 1 amide bonds. The maximum atomic E-state index is 13.6. The SMILES string of the molecule is CC1=C(C(=O)Nc2ccccc2C)C(c2cccs2)C(C#N)=C(SCC(=O)c2ccc(-c3ccccc3)cc2)N1. The first kappa shape index (κ1) is 27.2. The second-order valence-electron chi connectivity index (χ2n) is 9.39. The van der Waals surface area contributed by atoms with Crippen LogP contribution in [-0.4, -0.2) is 17.4 Å². The average molecular weight is 562 g/mol. The lowest BCUT2D eigenvalue weighted by atomic mass is 9.86. The minimum Gasteiger partial charge on any atom is -0.353 e. The fraction of sp³-hybridized carbons (Fsp3) is 0.121. The van der Waals surface area contributed by atoms with E-state index in [4.69, 9.17) is 0 Å². The Bertz CT molecular complexity index is 1650. The van der Waals surface area contributed by atoms with Gasteiger partial charge in [0.2, 0.25) is 0 Å². The molecular weight excluding hydrogens is 535 g/mol. The second kappa shape index (κ2) is 12.2. The van der Waals surface area contributed by atoms with Gasteiger partial charge in [0.1, 0.15) is 0 Å². The maximum absolute atomic E-state index is 13.6. The number of aryl methyl sites for hydroxylation is 1. The standard InChI is InChI=1S/C33H27N3O2S2/c1-21-9-6-7-12-27(21)36-32(38)30-22(2)35-33(26(19-34)31(30)29-13-8-18-39-29)40-20-28(37)25-16-14-24(15-17-25)23-10-4-3-5-11-23/h3-18,31,35H,20H2,1-2H3,(H,36,38). The van der Waals surface area contributed by atoms with Gasteiger partial charge in [-0.05, 0) is 48.1 Å². The van der Waals surface area contributed by atoms with Crippen LogP contribution < -0.4 is 10.6 Å². The number of para-hydroxylation sites is 1. The molecule has 0 aliphatic carbocycles. The van der Waals surface area contributed by atoms with Gasteiger partial charge in [0.15, 0.2) is 5.78 Å². The van der Waals surface area contributed by atoms with Crippen molar-refractivity contribution in [1.29, 1.82) is 5.26 Å². The highest BCUT2D eigenvalue weighted by Crippen LogP contribution is 2.42. The molecule has 40 heavy (non-hydrogen) atoms. The van der Waals surface area contributed by atoms with E-state index in [9.17, 15) is 14.9 Å². The largest absolute Gasteiger partial charge is 0.353 e. The number of allylic oxidation sites excluding steroid dienone is 2. The lowest BCUT2D eigenvalue weighted by molar-refractivity contribution is -0.113. The molecule has 1 unspecified atom stereocenters. The molecule has 1 aliphatic rings. The number of dihydropyridines is 1. The van der Waals surface area contributed by atoms with Crippen LogP contribution in [0, 0.1) is 18.3 Å². The number of nitrogens with zero attached hydrogens (tertiary/aromatic N) is 1. The van der Waals surface area contributed by atoms with Gasteiger partial charge in [-0.3, -0.25) is 9.59 Å². The number of rotatable bonds is 8. The molecule has 2 N–H and O–H groups in total. The van der Waals surface area contributed by atoms with Crippen LogP contribution in [0.1, 0.15) is 33.6 Å². The topological polar surface area (TPSA) is 82.0 Å². The molecular formula is C33H27N3O2S2. The molecule has 3 aromatic carbocycles. The van der Waals surface area contributed by atoms with Crippen molar-refractivity contribution in [3.63, 3.8) is 0 Å². The van der Waals surface area contributed by atoms with E-state index in [-0.39, 0.29) is 17.4 Å². The predicted molar refractivity (Wildman–Crippen MR) is 164 cm³/mol. The summed E-state index contributed by atoms with van der Waals surface area (Å²) >= 11 is 2.79. The van der Waals surface area contributed by atoms with Crippen LogP contribution in [0.4, 0.5) is 5.69 Å². The first-order valence-electron chi connectivity index (χ1n) is 12.8. The Balaban J connectivity index is 1.38. The minimum atomic E-state index is -0.530. The van der Waals surface area contributed by atoms with Crippen molar-refractivity contribution in [3.8, 4) is 17.2 Å². The van der Waals surface area contributed by atoms with Crippen LogP contribution in [-0.2, 0) is 4.79 Å². The van der Waals surface area contributed by atoms with Crippen molar-refractivity contribution >= 4 is 40.5 Å². The summed E-state index contributed by atoms with van der Waals surface area (Å²) in [4.78, 5) is 27.6. The summed E-state index contributed by atoms with van der Waals surface area (Å²) in [5.41, 5.74) is 6.01. The second-order valence-corrected chi connectivity index (χ2v) is 11.4. The van der Waals surface area contributed by atoms with E-state index in [0.717, 1.165) is 27.3 Å². The highest BCUT2D eigenvalue weighted by atomic mass is 32.2. The Kier molecular flexibility index (Phi) is 8.30. The number of Topliss-reactive ketones (excluding diaryl/α,β-unsaturated/α-hetero) is 1. The van der Waals surface area contributed by atoms with Crippen LogP contribution >= 0.6 is 23.1 Å². The summed E-state index contributed by atoms with van der Waals surface area (Å²) in [6.45, 7) is 3.78. The zero-order valence-corrected chi connectivity index (χ0v) is 23.7. The smallest absolute Gasteiger partial charge is 0.254 e. The number of nitrogens with one attached hydrogen (secondary N) is 2. The fourth-order valence-electron chi connectivity index (χ4n) is 4.67. The summed E-state index contributed by atoms with van der Waals surface area (Å²) in [6, 6.07) is 31.4. The molecule has 5 rings (SSSR count). The Morgan fingerprint density at radius 2 is 1.62 bits per heavy atom. The zero-order valence-electron chi connectivity index (χ0n) is 22.1. The van der Waals surface area contributed by atoms with Gasteiger partial charge in [0.25, 0.3) is 5.91 Å². The summed E-state index contributed by atoms with van der Waals surface area (Å²) in [5, 5.41) is 19.1. The number of ketones is 1. The van der Waals surface area contributed by atoms with E-state index in [1.54, 1.807) is 0 Å². The van der Waals surface area contributed by atoms with E-state index in [2.05, 4.69) is 16.7 Å². The Morgan fingerprint density at radius 3 is 2.30 bits per heavy atom. The number of carbonyl (C=O) groups is 2. The fourth-order valence-corrected chi connectivity index (χ4v) is 6.50. The molecule has 1 aliphatic heterocycles. The molecule has 1 atom stereocenters. The number of nitriles is 1. The number of anilines is 1. The molecule has 198 valence electrons. The first-order chi connectivity index (χ1) is 19.5. The Labute approximate surface area is 242 Å². The molecule has 0 radical (unpaired) electrons. The van der Waals surface area contributed by atoms with Gasteiger partial charge in [-0.2, -0.15) is 5.26 Å². The van der Waals surface area contributed by atoms with Crippen LogP contribution in [0.25, 0.3) is 11.1 Å². The summed E-state index contributed by atoms with van der Waals surface area (Å²) < 4.78 is 0. The maximum Gasteiger partial charge on any atom is 0.254 e. The number of hydrogen-bond acceptors (Lipinski definition) is 6. The third-order valence-corrected chi connectivity index (χ3v) is 8.73. The van der Waals surface area contributed by atoms with Crippen LogP contribution in [0.5, 0.6) is 0 Å². The molecule has 0 saturated heterocycles. The number of benzene rings is 3. The Morgan fingerprint density at radius 1 is 0.925 bits per heavy atom. The summed E-state index contributed by atoms with van der Waals surface area (Å²) in [6.07, 6.45) is 0. The normalized spacial score (nSPS) is 14.9. The monoisotopic (exact) mass is 561 g/mol. The first-order valence-corrected chi connectivity index (χ1v) is 14.7. The van der Waals surface area contributed by atoms with Gasteiger partial charge in [-0.1, -0.05) is 90.6 Å². The van der Waals surface area contributed by atoms with Gasteiger partial charge < -0.3 is 10.6 Å². The predicted octanol–water partition coefficient (Wildman–Crippen LogP) is 7.67. The van der Waals surface area contributed by atoms with Crippen molar-refractivity contribution in [2.45, 2.75) is 19.8 Å². The molecule has 7 heteroatoms. The number of carbonyl (C=O) groups excluding carboxylic acids is 2. The highest BCUT2D eigenvalue weighted by molar-refractivity contribution is 8.03. The molecule has 0 saturated carbocycles. The quantitative estimate of drug-likeness (QED) is 0.216. The number of hydrogen-bond donors (Lipinski definition) is 2. The summed E-state index contributed by atoms with van der Waals surface area (Å²) in [7, 11) is 0. The van der Waals surface area contributed by atoms with Gasteiger partial charge >= 0.3 is 0 Å². The Hall–Kier alpha value is -4.38. The van der Waals surface area contributed by atoms with Gasteiger partial charge in [-0.25, -0.2) is 0 Å². The van der Waals surface area contributed by atoms with Crippen LogP contribution in [0.2, 0.25) is 0 Å². The van der Waals surface area contributed by atoms with Crippen molar-refractivity contribution in [2.75, 3.05) is 11.1 Å². The average Bonchev–Trinajstić information content (AvgIpc) is 3.52. The van der Waals surface area contributed by atoms with E-state index in [1.165, 1.54) is 23.1 Å². The third kappa shape index (κ3) is 5.79. The molecule has 0 spiro atoms. The molecule has 0 bridgehead atoms. The highest BCUT2D eigenvalue weighted by Gasteiger charge is 2.35. The molecule has 4 aromatic rings. The van der Waals surface area contributed by atoms with E-state index >= 15 is 0 Å². The lowest BCUT2D eigenvalue weighted by Crippen LogP contribution is -2.30. The van der Waals surface area contributed by atoms with Crippen LogP contribution in [0.15, 0.2) is 118 Å². The van der Waals surface area contributed by atoms with E-state index in [1.807, 2.05) is 110 Å². The van der Waals surface area contributed by atoms with Gasteiger partial charge in [-0.15, -0.1) is 11.3 Å². The zero-order chi connectivity index (χ0) is 28.1. The van der Waals surface area contributed by atoms with Crippen molar-refractivity contribution in [1.82, 2.24) is 5.32 Å². The van der Waals surface area contributed by atoms with Crippen molar-refractivity contribution in [2.24, 2.45) is 0 Å². The van der Waals surface area contributed by atoms with Crippen molar-refractivity contribution in [3.05, 3.63) is 134 Å². The molecule has 0 fully saturated rings.